The highest BCUT2D eigenvalue weighted by atomic mass is 31.2. The predicted molar refractivity (Wildman–Crippen MR) is 74.4 cm³/mol. The predicted octanol–water partition coefficient (Wildman–Crippen LogP) is 1.80. The lowest BCUT2D eigenvalue weighted by Gasteiger charge is -2.13. The van der Waals surface area contributed by atoms with E-state index in [1.54, 1.807) is 20.0 Å². The van der Waals surface area contributed by atoms with Crippen molar-refractivity contribution in [3.63, 3.8) is 0 Å². The van der Waals surface area contributed by atoms with Gasteiger partial charge in [-0.1, -0.05) is 6.58 Å². The molecule has 0 saturated carbocycles. The first kappa shape index (κ1) is 18.9. The Bertz CT molecular complexity index is 177. The van der Waals surface area contributed by atoms with Crippen molar-refractivity contribution in [1.29, 1.82) is 0 Å². The van der Waals surface area contributed by atoms with Crippen LogP contribution in [0.15, 0.2) is 12.4 Å². The first-order valence-electron chi connectivity index (χ1n) is 6.16. The van der Waals surface area contributed by atoms with Crippen molar-refractivity contribution in [2.45, 2.75) is 0 Å². The molecule has 0 atom stereocenters. The van der Waals surface area contributed by atoms with Crippen molar-refractivity contribution in [2.75, 3.05) is 67.1 Å². The molecule has 0 aromatic carbocycles. The largest absolute Gasteiger partial charge is 0.382 e. The van der Waals surface area contributed by atoms with E-state index in [-0.39, 0.29) is 0 Å². The summed E-state index contributed by atoms with van der Waals surface area (Å²) in [7, 11) is 2.21. The summed E-state index contributed by atoms with van der Waals surface area (Å²) >= 11 is 0. The average molecular weight is 296 g/mol. The van der Waals surface area contributed by atoms with Gasteiger partial charge in [0.2, 0.25) is 0 Å². The van der Waals surface area contributed by atoms with Crippen LogP contribution in [0, 0.1) is 0 Å². The zero-order chi connectivity index (χ0) is 14.2. The highest BCUT2D eigenvalue weighted by Crippen LogP contribution is 2.38. The van der Waals surface area contributed by atoms with Gasteiger partial charge in [-0.3, -0.25) is 0 Å². The Balaban J connectivity index is 3.32. The lowest BCUT2D eigenvalue weighted by molar-refractivity contribution is 0.0462. The van der Waals surface area contributed by atoms with Gasteiger partial charge in [0.15, 0.2) is 8.38 Å². The van der Waals surface area contributed by atoms with Gasteiger partial charge in [0.25, 0.3) is 0 Å². The molecule has 0 rings (SSSR count). The molecule has 0 aliphatic rings. The lowest BCUT2D eigenvalue weighted by Crippen LogP contribution is -2.09. The van der Waals surface area contributed by atoms with Crippen molar-refractivity contribution in [2.24, 2.45) is 0 Å². The van der Waals surface area contributed by atoms with E-state index in [1.165, 1.54) is 0 Å². The van der Waals surface area contributed by atoms with Gasteiger partial charge >= 0.3 is 0 Å². The Morgan fingerprint density at radius 2 is 1.16 bits per heavy atom. The smallest absolute Gasteiger partial charge is 0.196 e. The normalized spacial score (nSPS) is 11.1. The fourth-order valence-electron chi connectivity index (χ4n) is 1.00. The van der Waals surface area contributed by atoms with Gasteiger partial charge in [-0.25, -0.2) is 0 Å². The summed E-state index contributed by atoms with van der Waals surface area (Å²) in [5.74, 6) is 1.67. The molecule has 0 aromatic rings. The third-order valence-electron chi connectivity index (χ3n) is 1.91. The van der Waals surface area contributed by atoms with Gasteiger partial charge in [0, 0.05) is 14.2 Å². The topological polar surface area (TPSA) is 55.4 Å². The molecule has 0 aromatic heterocycles. The summed E-state index contributed by atoms with van der Waals surface area (Å²) in [4.78, 5) is 0. The number of ether oxygens (including phenoxy) is 4. The first-order valence-corrected chi connectivity index (χ1v) is 7.40. The zero-order valence-corrected chi connectivity index (χ0v) is 12.7. The van der Waals surface area contributed by atoms with Crippen molar-refractivity contribution < 1.29 is 28.0 Å². The Kier molecular flexibility index (Phi) is 15.9. The molecule has 0 fully saturated rings. The van der Waals surface area contributed by atoms with Gasteiger partial charge in [0.05, 0.1) is 52.9 Å². The van der Waals surface area contributed by atoms with E-state index >= 15 is 0 Å². The van der Waals surface area contributed by atoms with Crippen LogP contribution in [0.3, 0.4) is 0 Å². The van der Waals surface area contributed by atoms with Gasteiger partial charge in [0.1, 0.15) is 0 Å². The van der Waals surface area contributed by atoms with Gasteiger partial charge in [-0.15, -0.1) is 0 Å². The van der Waals surface area contributed by atoms with Crippen molar-refractivity contribution in [3.8, 4) is 0 Å². The maximum Gasteiger partial charge on any atom is 0.196 e. The Morgan fingerprint density at radius 3 is 1.53 bits per heavy atom. The Morgan fingerprint density at radius 1 is 0.737 bits per heavy atom. The van der Waals surface area contributed by atoms with Crippen LogP contribution in [-0.2, 0) is 28.0 Å². The Labute approximate surface area is 116 Å². The molecule has 7 heteroatoms. The molecular formula is C12H25O6P. The fourth-order valence-corrected chi connectivity index (χ4v) is 1.80. The second-order valence-corrected chi connectivity index (χ2v) is 4.80. The van der Waals surface area contributed by atoms with E-state index in [4.69, 9.17) is 28.0 Å². The summed E-state index contributed by atoms with van der Waals surface area (Å²) in [5.41, 5.74) is 0. The third-order valence-corrected chi connectivity index (χ3v) is 3.08. The van der Waals surface area contributed by atoms with E-state index < -0.39 is 8.38 Å². The first-order chi connectivity index (χ1) is 9.35. The highest BCUT2D eigenvalue weighted by molar-refractivity contribution is 7.50. The van der Waals surface area contributed by atoms with Crippen LogP contribution in [-0.4, -0.2) is 67.1 Å². The molecule has 0 N–H and O–H groups in total. The van der Waals surface area contributed by atoms with Crippen molar-refractivity contribution >= 4 is 8.38 Å². The van der Waals surface area contributed by atoms with Crippen LogP contribution >= 0.6 is 8.38 Å². The number of rotatable bonds is 15. The Hall–Kier alpha value is -0.0700. The molecular weight excluding hydrogens is 271 g/mol. The second-order valence-electron chi connectivity index (χ2n) is 3.34. The lowest BCUT2D eigenvalue weighted by atomic mass is 10.7. The molecule has 0 aliphatic carbocycles. The summed E-state index contributed by atoms with van der Waals surface area (Å²) in [5, 5.41) is 0. The number of hydrogen-bond donors (Lipinski definition) is 0. The molecule has 0 aliphatic heterocycles. The maximum absolute atomic E-state index is 5.48. The summed E-state index contributed by atoms with van der Waals surface area (Å²) in [6, 6.07) is 0. The molecule has 19 heavy (non-hydrogen) atoms. The molecule has 0 saturated heterocycles. The molecule has 0 radical (unpaired) electrons. The van der Waals surface area contributed by atoms with E-state index in [1.807, 2.05) is 0 Å². The van der Waals surface area contributed by atoms with E-state index in [2.05, 4.69) is 6.58 Å². The van der Waals surface area contributed by atoms with Gasteiger partial charge < -0.3 is 28.0 Å². The van der Waals surface area contributed by atoms with Crippen molar-refractivity contribution in [3.05, 3.63) is 12.4 Å². The highest BCUT2D eigenvalue weighted by Gasteiger charge is 2.05. The summed E-state index contributed by atoms with van der Waals surface area (Å²) < 4.78 is 31.2. The van der Waals surface area contributed by atoms with Gasteiger partial charge in [-0.05, 0) is 5.82 Å². The molecule has 0 spiro atoms. The molecule has 0 bridgehead atoms. The van der Waals surface area contributed by atoms with Crippen LogP contribution in [0.4, 0.5) is 0 Å². The van der Waals surface area contributed by atoms with Crippen LogP contribution in [0.1, 0.15) is 0 Å². The van der Waals surface area contributed by atoms with Crippen LogP contribution in [0.2, 0.25) is 0 Å². The molecule has 0 heterocycles. The zero-order valence-electron chi connectivity index (χ0n) is 11.8. The number of hydrogen-bond acceptors (Lipinski definition) is 6. The molecule has 114 valence electrons. The minimum atomic E-state index is -1.07. The average Bonchev–Trinajstić information content (AvgIpc) is 2.44. The summed E-state index contributed by atoms with van der Waals surface area (Å²) in [6.07, 6.45) is 0. The minimum Gasteiger partial charge on any atom is -0.382 e. The maximum atomic E-state index is 5.48. The van der Waals surface area contributed by atoms with Crippen LogP contribution in [0.25, 0.3) is 0 Å². The molecule has 0 amide bonds. The second kappa shape index (κ2) is 16.0. The summed E-state index contributed by atoms with van der Waals surface area (Å²) in [6.45, 7) is 7.98. The SMILES string of the molecule is C=CP(OCCOCCOC)OCCOCCOC. The molecule has 6 nitrogen and oxygen atoms in total. The van der Waals surface area contributed by atoms with E-state index in [0.717, 1.165) is 0 Å². The van der Waals surface area contributed by atoms with Crippen LogP contribution < -0.4 is 0 Å². The molecule has 0 unspecified atom stereocenters. The third kappa shape index (κ3) is 14.2. The van der Waals surface area contributed by atoms with Gasteiger partial charge in [-0.2, -0.15) is 0 Å². The minimum absolute atomic E-state index is 0.478. The quantitative estimate of drug-likeness (QED) is 0.339. The fraction of sp³-hybridized carbons (Fsp3) is 0.833. The van der Waals surface area contributed by atoms with Crippen LogP contribution in [0.5, 0.6) is 0 Å². The van der Waals surface area contributed by atoms with E-state index in [0.29, 0.717) is 52.9 Å². The van der Waals surface area contributed by atoms with E-state index in [9.17, 15) is 0 Å². The monoisotopic (exact) mass is 296 g/mol. The standard InChI is InChI=1S/C12H25O6P/c1-4-19(17-11-9-15-7-5-13-2)18-12-10-16-8-6-14-3/h4H,1,5-12H2,2-3H3. The number of methoxy groups -OCH3 is 2. The van der Waals surface area contributed by atoms with Crippen molar-refractivity contribution in [1.82, 2.24) is 0 Å².